The Labute approximate surface area is 125 Å². The molecule has 2 rings (SSSR count). The average Bonchev–Trinajstić information content (AvgIpc) is 3.19. The number of rotatable bonds is 6. The number of carboxylic acid groups (broad SMARTS) is 1. The molecule has 0 unspecified atom stereocenters. The van der Waals surface area contributed by atoms with Crippen molar-refractivity contribution in [1.82, 2.24) is 4.90 Å². The third-order valence-corrected chi connectivity index (χ3v) is 3.35. The lowest BCUT2D eigenvalue weighted by molar-refractivity contribution is -0.384. The van der Waals surface area contributed by atoms with Gasteiger partial charge in [-0.1, -0.05) is 11.6 Å². The van der Waals surface area contributed by atoms with Gasteiger partial charge in [0.25, 0.3) is 11.6 Å². The molecule has 0 saturated heterocycles. The van der Waals surface area contributed by atoms with Crippen LogP contribution in [0, 0.1) is 16.0 Å². The van der Waals surface area contributed by atoms with Crippen molar-refractivity contribution in [2.24, 2.45) is 5.92 Å². The smallest absolute Gasteiger partial charge is 0.323 e. The van der Waals surface area contributed by atoms with E-state index in [-0.39, 0.29) is 16.3 Å². The Kier molecular flexibility index (Phi) is 4.42. The molecule has 1 fully saturated rings. The second kappa shape index (κ2) is 6.09. The fourth-order valence-electron chi connectivity index (χ4n) is 1.98. The zero-order chi connectivity index (χ0) is 15.6. The second-order valence-electron chi connectivity index (χ2n) is 4.98. The fraction of sp³-hybridized carbons (Fsp3) is 0.385. The topological polar surface area (TPSA) is 101 Å². The number of carbonyl (C=O) groups excluding carboxylic acids is 1. The number of halogens is 1. The van der Waals surface area contributed by atoms with E-state index >= 15 is 0 Å². The number of non-ortho nitro benzene ring substituents is 1. The number of benzene rings is 1. The molecule has 7 nitrogen and oxygen atoms in total. The quantitative estimate of drug-likeness (QED) is 0.641. The highest BCUT2D eigenvalue weighted by Gasteiger charge is 2.29. The van der Waals surface area contributed by atoms with Gasteiger partial charge in [0.05, 0.1) is 4.92 Å². The van der Waals surface area contributed by atoms with E-state index in [1.54, 1.807) is 0 Å². The molecule has 8 heteroatoms. The normalized spacial score (nSPS) is 13.8. The van der Waals surface area contributed by atoms with E-state index in [1.165, 1.54) is 11.0 Å². The minimum atomic E-state index is -1.12. The Bertz CT molecular complexity index is 600. The highest BCUT2D eigenvalue weighted by molar-refractivity contribution is 6.31. The zero-order valence-corrected chi connectivity index (χ0v) is 11.7. The molecule has 1 saturated carbocycles. The van der Waals surface area contributed by atoms with E-state index in [4.69, 9.17) is 16.7 Å². The van der Waals surface area contributed by atoms with Gasteiger partial charge >= 0.3 is 5.97 Å². The lowest BCUT2D eigenvalue weighted by atomic mass is 10.1. The van der Waals surface area contributed by atoms with Gasteiger partial charge in [-0.25, -0.2) is 0 Å². The molecule has 0 heterocycles. The molecule has 0 aromatic heterocycles. The van der Waals surface area contributed by atoms with Crippen molar-refractivity contribution in [2.45, 2.75) is 12.8 Å². The predicted octanol–water partition coefficient (Wildman–Crippen LogP) is 2.18. The van der Waals surface area contributed by atoms with Crippen LogP contribution in [0.4, 0.5) is 5.69 Å². The summed E-state index contributed by atoms with van der Waals surface area (Å²) in [5.41, 5.74) is -0.274. The maximum atomic E-state index is 12.4. The largest absolute Gasteiger partial charge is 0.480 e. The number of hydrogen-bond acceptors (Lipinski definition) is 4. The summed E-state index contributed by atoms with van der Waals surface area (Å²) < 4.78 is 0. The van der Waals surface area contributed by atoms with Crippen LogP contribution in [0.15, 0.2) is 18.2 Å². The SMILES string of the molecule is O=C(O)CN(CC1CC1)C(=O)c1cc(Cl)cc([N+](=O)[O-])c1. The van der Waals surface area contributed by atoms with E-state index in [1.807, 2.05) is 0 Å². The Morgan fingerprint density at radius 2 is 2.05 bits per heavy atom. The number of nitrogens with zero attached hydrogens (tertiary/aromatic N) is 2. The summed E-state index contributed by atoms with van der Waals surface area (Å²) in [5.74, 6) is -1.38. The Hall–Kier alpha value is -2.15. The summed E-state index contributed by atoms with van der Waals surface area (Å²) in [4.78, 5) is 34.5. The van der Waals surface area contributed by atoms with E-state index in [9.17, 15) is 19.7 Å². The van der Waals surface area contributed by atoms with E-state index in [0.29, 0.717) is 12.5 Å². The third kappa shape index (κ3) is 4.16. The summed E-state index contributed by atoms with van der Waals surface area (Å²) in [5, 5.41) is 19.7. The third-order valence-electron chi connectivity index (χ3n) is 3.13. The van der Waals surface area contributed by atoms with Gasteiger partial charge in [0.1, 0.15) is 6.54 Å². The predicted molar refractivity (Wildman–Crippen MR) is 74.4 cm³/mol. The van der Waals surface area contributed by atoms with E-state index in [0.717, 1.165) is 25.0 Å². The molecule has 0 aliphatic heterocycles. The highest BCUT2D eigenvalue weighted by atomic mass is 35.5. The summed E-state index contributed by atoms with van der Waals surface area (Å²) in [6, 6.07) is 3.55. The zero-order valence-electron chi connectivity index (χ0n) is 11.0. The highest BCUT2D eigenvalue weighted by Crippen LogP contribution is 2.30. The number of nitro benzene ring substituents is 1. The Morgan fingerprint density at radius 1 is 1.38 bits per heavy atom. The van der Waals surface area contributed by atoms with Gasteiger partial charge in [-0.3, -0.25) is 19.7 Å². The van der Waals surface area contributed by atoms with Gasteiger partial charge in [0.2, 0.25) is 0 Å². The lowest BCUT2D eigenvalue weighted by Gasteiger charge is -2.20. The van der Waals surface area contributed by atoms with Crippen molar-refractivity contribution in [1.29, 1.82) is 0 Å². The number of carboxylic acids is 1. The molecule has 1 N–H and O–H groups in total. The molecular formula is C13H13ClN2O5. The Morgan fingerprint density at radius 3 is 2.57 bits per heavy atom. The van der Waals surface area contributed by atoms with Crippen molar-refractivity contribution in [3.8, 4) is 0 Å². The van der Waals surface area contributed by atoms with Crippen molar-refractivity contribution in [3.05, 3.63) is 38.9 Å². The van der Waals surface area contributed by atoms with Crippen LogP contribution in [-0.2, 0) is 4.79 Å². The van der Waals surface area contributed by atoms with Gasteiger partial charge < -0.3 is 10.0 Å². The fourth-order valence-corrected chi connectivity index (χ4v) is 2.21. The second-order valence-corrected chi connectivity index (χ2v) is 5.41. The standard InChI is InChI=1S/C13H13ClN2O5/c14-10-3-9(4-11(5-10)16(20)21)13(19)15(7-12(17)18)6-8-1-2-8/h3-5,8H,1-2,6-7H2,(H,17,18). The minimum absolute atomic E-state index is 0.0242. The molecule has 1 amide bonds. The van der Waals surface area contributed by atoms with Gasteiger partial charge in [0, 0.05) is 29.3 Å². The van der Waals surface area contributed by atoms with Gasteiger partial charge in [-0.2, -0.15) is 0 Å². The van der Waals surface area contributed by atoms with Crippen LogP contribution in [0.2, 0.25) is 5.02 Å². The molecule has 112 valence electrons. The molecule has 21 heavy (non-hydrogen) atoms. The van der Waals surface area contributed by atoms with Gasteiger partial charge in [-0.15, -0.1) is 0 Å². The molecule has 0 bridgehead atoms. The van der Waals surface area contributed by atoms with Crippen LogP contribution in [0.1, 0.15) is 23.2 Å². The molecule has 1 aliphatic carbocycles. The maximum absolute atomic E-state index is 12.4. The number of carbonyl (C=O) groups is 2. The molecular weight excluding hydrogens is 300 g/mol. The minimum Gasteiger partial charge on any atom is -0.480 e. The molecule has 1 aliphatic rings. The number of amides is 1. The number of aliphatic carboxylic acids is 1. The van der Waals surface area contributed by atoms with Crippen molar-refractivity contribution in [3.63, 3.8) is 0 Å². The van der Waals surface area contributed by atoms with Crippen LogP contribution < -0.4 is 0 Å². The summed E-state index contributed by atoms with van der Waals surface area (Å²) in [6.45, 7) is -0.0961. The van der Waals surface area contributed by atoms with Crippen LogP contribution in [-0.4, -0.2) is 39.9 Å². The van der Waals surface area contributed by atoms with Crippen LogP contribution in [0.5, 0.6) is 0 Å². The summed E-state index contributed by atoms with van der Waals surface area (Å²) in [7, 11) is 0. The van der Waals surface area contributed by atoms with E-state index in [2.05, 4.69) is 0 Å². The van der Waals surface area contributed by atoms with Crippen molar-refractivity contribution < 1.29 is 19.6 Å². The monoisotopic (exact) mass is 312 g/mol. The first-order valence-electron chi connectivity index (χ1n) is 6.33. The molecule has 0 atom stereocenters. The van der Waals surface area contributed by atoms with Crippen molar-refractivity contribution in [2.75, 3.05) is 13.1 Å². The van der Waals surface area contributed by atoms with Crippen molar-refractivity contribution >= 4 is 29.2 Å². The molecule has 0 radical (unpaired) electrons. The van der Waals surface area contributed by atoms with Crippen LogP contribution in [0.3, 0.4) is 0 Å². The lowest BCUT2D eigenvalue weighted by Crippen LogP contribution is -2.37. The first-order chi connectivity index (χ1) is 9.86. The molecule has 1 aromatic carbocycles. The first kappa shape index (κ1) is 15.2. The number of hydrogen-bond donors (Lipinski definition) is 1. The van der Waals surface area contributed by atoms with Crippen LogP contribution >= 0.6 is 11.6 Å². The van der Waals surface area contributed by atoms with Crippen LogP contribution in [0.25, 0.3) is 0 Å². The van der Waals surface area contributed by atoms with Gasteiger partial charge in [0.15, 0.2) is 0 Å². The Balaban J connectivity index is 2.26. The molecule has 1 aromatic rings. The average molecular weight is 313 g/mol. The summed E-state index contributed by atoms with van der Waals surface area (Å²) in [6.07, 6.45) is 1.91. The van der Waals surface area contributed by atoms with Gasteiger partial charge in [-0.05, 0) is 24.8 Å². The summed E-state index contributed by atoms with van der Waals surface area (Å²) >= 11 is 5.78. The van der Waals surface area contributed by atoms with E-state index < -0.39 is 23.3 Å². The first-order valence-corrected chi connectivity index (χ1v) is 6.70. The molecule has 0 spiro atoms. The maximum Gasteiger partial charge on any atom is 0.323 e. The number of nitro groups is 1.